The molecule has 2 aromatic rings. The highest BCUT2D eigenvalue weighted by molar-refractivity contribution is 7.85. The van der Waals surface area contributed by atoms with E-state index in [-0.39, 0.29) is 0 Å². The van der Waals surface area contributed by atoms with Crippen LogP contribution in [0.25, 0.3) is 0 Å². The Bertz CT molecular complexity index is 560. The number of nitrogens with zero attached hydrogens (tertiary/aromatic N) is 1. The van der Waals surface area contributed by atoms with Crippen LogP contribution in [-0.4, -0.2) is 14.9 Å². The number of hydrogen-bond donors (Lipinski definition) is 1. The zero-order valence-corrected chi connectivity index (χ0v) is 11.2. The maximum Gasteiger partial charge on any atom is 0.0632 e. The van der Waals surface area contributed by atoms with Crippen molar-refractivity contribution in [1.29, 1.82) is 0 Å². The van der Waals surface area contributed by atoms with Gasteiger partial charge in [0.1, 0.15) is 0 Å². The van der Waals surface area contributed by atoms with Gasteiger partial charge in [0.25, 0.3) is 0 Å². The lowest BCUT2D eigenvalue weighted by Crippen LogP contribution is -2.05. The summed E-state index contributed by atoms with van der Waals surface area (Å²) in [6, 6.07) is 10.7. The van der Waals surface area contributed by atoms with Crippen LogP contribution < -0.4 is 5.73 Å². The SMILES string of the molecule is Nc1ccc(Cl)cc1S(=O)CCc1ccccn1. The van der Waals surface area contributed by atoms with Crippen molar-refractivity contribution in [2.24, 2.45) is 0 Å². The molecule has 2 N–H and O–H groups in total. The number of hydrogen-bond acceptors (Lipinski definition) is 3. The van der Waals surface area contributed by atoms with Crippen LogP contribution in [0, 0.1) is 0 Å². The van der Waals surface area contributed by atoms with Crippen molar-refractivity contribution < 1.29 is 4.21 Å². The molecule has 18 heavy (non-hydrogen) atoms. The van der Waals surface area contributed by atoms with Crippen LogP contribution >= 0.6 is 11.6 Å². The molecule has 0 saturated heterocycles. The van der Waals surface area contributed by atoms with Crippen molar-refractivity contribution in [3.63, 3.8) is 0 Å². The van der Waals surface area contributed by atoms with Gasteiger partial charge in [-0.15, -0.1) is 0 Å². The van der Waals surface area contributed by atoms with Gasteiger partial charge < -0.3 is 5.73 Å². The van der Waals surface area contributed by atoms with Crippen molar-refractivity contribution >= 4 is 28.1 Å². The fourth-order valence-electron chi connectivity index (χ4n) is 1.56. The molecule has 3 nitrogen and oxygen atoms in total. The molecule has 1 aromatic heterocycles. The normalized spacial score (nSPS) is 12.3. The van der Waals surface area contributed by atoms with E-state index in [4.69, 9.17) is 17.3 Å². The van der Waals surface area contributed by atoms with E-state index in [1.54, 1.807) is 24.4 Å². The standard InChI is InChI=1S/C13H13ClN2OS/c14-10-4-5-12(15)13(9-10)18(17)8-6-11-3-1-2-7-16-11/h1-5,7,9H,6,8,15H2. The average molecular weight is 281 g/mol. The topological polar surface area (TPSA) is 56.0 Å². The van der Waals surface area contributed by atoms with Crippen LogP contribution in [0.1, 0.15) is 5.69 Å². The minimum absolute atomic E-state index is 0.488. The number of nitrogen functional groups attached to an aromatic ring is 1. The molecular formula is C13H13ClN2OS. The largest absolute Gasteiger partial charge is 0.398 e. The summed E-state index contributed by atoms with van der Waals surface area (Å²) in [6.45, 7) is 0. The molecule has 1 unspecified atom stereocenters. The van der Waals surface area contributed by atoms with Gasteiger partial charge in [-0.25, -0.2) is 0 Å². The van der Waals surface area contributed by atoms with E-state index in [0.717, 1.165) is 5.69 Å². The smallest absolute Gasteiger partial charge is 0.0632 e. The van der Waals surface area contributed by atoms with Gasteiger partial charge in [0.05, 0.1) is 15.7 Å². The van der Waals surface area contributed by atoms with Gasteiger partial charge in [0.2, 0.25) is 0 Å². The number of anilines is 1. The van der Waals surface area contributed by atoms with E-state index in [1.165, 1.54) is 0 Å². The minimum Gasteiger partial charge on any atom is -0.398 e. The number of halogens is 1. The summed E-state index contributed by atoms with van der Waals surface area (Å²) in [5.74, 6) is 0.488. The van der Waals surface area contributed by atoms with E-state index in [1.807, 2.05) is 18.2 Å². The summed E-state index contributed by atoms with van der Waals surface area (Å²) in [4.78, 5) is 4.79. The molecule has 0 bridgehead atoms. The van der Waals surface area contributed by atoms with Crippen molar-refractivity contribution in [1.82, 2.24) is 4.98 Å². The Labute approximate surface area is 113 Å². The van der Waals surface area contributed by atoms with Gasteiger partial charge in [0, 0.05) is 34.8 Å². The fourth-order valence-corrected chi connectivity index (χ4v) is 3.00. The molecule has 0 amide bonds. The van der Waals surface area contributed by atoms with Gasteiger partial charge in [-0.05, 0) is 30.3 Å². The van der Waals surface area contributed by atoms with E-state index < -0.39 is 10.8 Å². The highest BCUT2D eigenvalue weighted by atomic mass is 35.5. The van der Waals surface area contributed by atoms with Gasteiger partial charge in [-0.3, -0.25) is 9.19 Å². The van der Waals surface area contributed by atoms with Crippen molar-refractivity contribution in [2.75, 3.05) is 11.5 Å². The van der Waals surface area contributed by atoms with Crippen molar-refractivity contribution in [3.8, 4) is 0 Å². The Morgan fingerprint density at radius 3 is 2.83 bits per heavy atom. The molecule has 0 spiro atoms. The summed E-state index contributed by atoms with van der Waals surface area (Å²) in [5.41, 5.74) is 7.23. The molecule has 0 radical (unpaired) electrons. The van der Waals surface area contributed by atoms with Crippen LogP contribution in [0.2, 0.25) is 5.02 Å². The third-order valence-corrected chi connectivity index (χ3v) is 4.14. The van der Waals surface area contributed by atoms with Crippen LogP contribution in [-0.2, 0) is 17.2 Å². The number of benzene rings is 1. The Morgan fingerprint density at radius 1 is 1.28 bits per heavy atom. The number of nitrogens with two attached hydrogens (primary N) is 1. The zero-order valence-electron chi connectivity index (χ0n) is 9.67. The van der Waals surface area contributed by atoms with E-state index in [0.29, 0.717) is 27.8 Å². The second-order valence-electron chi connectivity index (χ2n) is 3.80. The predicted octanol–water partition coefficient (Wildman–Crippen LogP) is 2.67. The van der Waals surface area contributed by atoms with Crippen LogP contribution in [0.15, 0.2) is 47.5 Å². The number of pyridine rings is 1. The number of aromatic nitrogens is 1. The molecular weight excluding hydrogens is 268 g/mol. The second-order valence-corrected chi connectivity index (χ2v) is 5.78. The maximum atomic E-state index is 12.1. The highest BCUT2D eigenvalue weighted by Gasteiger charge is 2.09. The molecule has 2 rings (SSSR count). The van der Waals surface area contributed by atoms with Gasteiger partial charge in [-0.1, -0.05) is 17.7 Å². The summed E-state index contributed by atoms with van der Waals surface area (Å²) < 4.78 is 12.1. The van der Waals surface area contributed by atoms with Crippen LogP contribution in [0.5, 0.6) is 0 Å². The third kappa shape index (κ3) is 3.31. The lowest BCUT2D eigenvalue weighted by molar-refractivity contribution is 0.682. The maximum absolute atomic E-state index is 12.1. The summed E-state index contributed by atoms with van der Waals surface area (Å²) in [6.07, 6.45) is 2.38. The molecule has 0 aliphatic carbocycles. The Morgan fingerprint density at radius 2 is 2.11 bits per heavy atom. The van der Waals surface area contributed by atoms with Crippen LogP contribution in [0.3, 0.4) is 0 Å². The Hall–Kier alpha value is -1.39. The monoisotopic (exact) mass is 280 g/mol. The van der Waals surface area contributed by atoms with Crippen molar-refractivity contribution in [2.45, 2.75) is 11.3 Å². The first-order chi connectivity index (χ1) is 8.66. The molecule has 0 aliphatic heterocycles. The zero-order chi connectivity index (χ0) is 13.0. The molecule has 0 fully saturated rings. The van der Waals surface area contributed by atoms with Crippen LogP contribution in [0.4, 0.5) is 5.69 Å². The van der Waals surface area contributed by atoms with E-state index in [2.05, 4.69) is 4.98 Å². The lowest BCUT2D eigenvalue weighted by Gasteiger charge is -2.06. The summed E-state index contributed by atoms with van der Waals surface area (Å²) in [5, 5.41) is 0.547. The molecule has 0 aliphatic rings. The highest BCUT2D eigenvalue weighted by Crippen LogP contribution is 2.21. The first kappa shape index (κ1) is 13.1. The first-order valence-corrected chi connectivity index (χ1v) is 7.20. The molecule has 1 heterocycles. The average Bonchev–Trinajstić information content (AvgIpc) is 2.40. The molecule has 0 saturated carbocycles. The second kappa shape index (κ2) is 5.98. The number of aryl methyl sites for hydroxylation is 1. The Kier molecular flexibility index (Phi) is 4.33. The predicted molar refractivity (Wildman–Crippen MR) is 75.1 cm³/mol. The Balaban J connectivity index is 2.06. The molecule has 94 valence electrons. The summed E-state index contributed by atoms with van der Waals surface area (Å²) in [7, 11) is -1.16. The number of rotatable bonds is 4. The summed E-state index contributed by atoms with van der Waals surface area (Å²) >= 11 is 5.88. The quantitative estimate of drug-likeness (QED) is 0.876. The molecule has 1 atom stereocenters. The van der Waals surface area contributed by atoms with E-state index >= 15 is 0 Å². The van der Waals surface area contributed by atoms with E-state index in [9.17, 15) is 4.21 Å². The lowest BCUT2D eigenvalue weighted by atomic mass is 10.3. The first-order valence-electron chi connectivity index (χ1n) is 5.50. The van der Waals surface area contributed by atoms with Gasteiger partial charge in [-0.2, -0.15) is 0 Å². The van der Waals surface area contributed by atoms with Gasteiger partial charge >= 0.3 is 0 Å². The van der Waals surface area contributed by atoms with Gasteiger partial charge in [0.15, 0.2) is 0 Å². The molecule has 5 heteroatoms. The minimum atomic E-state index is -1.16. The molecule has 1 aromatic carbocycles. The third-order valence-electron chi connectivity index (χ3n) is 2.49. The van der Waals surface area contributed by atoms with Crippen molar-refractivity contribution in [3.05, 3.63) is 53.3 Å². The fraction of sp³-hybridized carbons (Fsp3) is 0.154.